The smallest absolute Gasteiger partial charge is 0.329 e. The number of hydrogen-bond donors (Lipinski definition) is 2. The maximum Gasteiger partial charge on any atom is 0.329 e. The largest absolute Gasteiger partial charge is 0.356 e. The zero-order valence-electron chi connectivity index (χ0n) is 15.4. The van der Waals surface area contributed by atoms with Gasteiger partial charge in [0.15, 0.2) is 0 Å². The number of rotatable bonds is 4. The SMILES string of the molecule is CN[C@@H](C)[C@@H]1CCN(c2ncc3c(=O)[nH]c(=O)n(C4CC4)c3c2C)C1.Cl. The van der Waals surface area contributed by atoms with Crippen molar-refractivity contribution in [1.82, 2.24) is 19.9 Å². The Kier molecular flexibility index (Phi) is 5.12. The van der Waals surface area contributed by atoms with Crippen molar-refractivity contribution in [3.05, 3.63) is 32.6 Å². The van der Waals surface area contributed by atoms with Crippen LogP contribution < -0.4 is 21.5 Å². The van der Waals surface area contributed by atoms with Crippen molar-refractivity contribution < 1.29 is 0 Å². The number of nitrogens with zero attached hydrogens (tertiary/aromatic N) is 3. The van der Waals surface area contributed by atoms with Gasteiger partial charge < -0.3 is 10.2 Å². The summed E-state index contributed by atoms with van der Waals surface area (Å²) in [5.74, 6) is 1.48. The van der Waals surface area contributed by atoms with Gasteiger partial charge in [0, 0.05) is 36.9 Å². The van der Waals surface area contributed by atoms with Gasteiger partial charge in [-0.1, -0.05) is 0 Å². The Morgan fingerprint density at radius 2 is 2.04 bits per heavy atom. The van der Waals surface area contributed by atoms with Crippen LogP contribution in [0, 0.1) is 12.8 Å². The van der Waals surface area contributed by atoms with Gasteiger partial charge in [-0.15, -0.1) is 12.4 Å². The van der Waals surface area contributed by atoms with E-state index in [1.807, 2.05) is 14.0 Å². The highest BCUT2D eigenvalue weighted by Crippen LogP contribution is 2.37. The van der Waals surface area contributed by atoms with E-state index in [0.717, 1.165) is 49.2 Å². The molecule has 1 saturated heterocycles. The van der Waals surface area contributed by atoms with Crippen molar-refractivity contribution >= 4 is 29.1 Å². The molecule has 26 heavy (non-hydrogen) atoms. The fourth-order valence-corrected chi connectivity index (χ4v) is 4.02. The molecule has 1 aliphatic carbocycles. The Hall–Kier alpha value is -1.86. The van der Waals surface area contributed by atoms with Crippen LogP contribution in [0.4, 0.5) is 5.82 Å². The van der Waals surface area contributed by atoms with E-state index < -0.39 is 0 Å². The number of nitrogens with one attached hydrogen (secondary N) is 2. The number of anilines is 1. The first-order valence-electron chi connectivity index (χ1n) is 9.07. The Labute approximate surface area is 158 Å². The molecule has 2 atom stereocenters. The first kappa shape index (κ1) is 18.9. The van der Waals surface area contributed by atoms with Crippen molar-refractivity contribution in [1.29, 1.82) is 0 Å². The predicted molar refractivity (Wildman–Crippen MR) is 106 cm³/mol. The molecule has 8 heteroatoms. The second-order valence-electron chi connectivity index (χ2n) is 7.40. The molecule has 0 unspecified atom stereocenters. The maximum absolute atomic E-state index is 12.4. The summed E-state index contributed by atoms with van der Waals surface area (Å²) in [5.41, 5.74) is 1.04. The highest BCUT2D eigenvalue weighted by molar-refractivity contribution is 5.85. The van der Waals surface area contributed by atoms with E-state index in [-0.39, 0.29) is 29.7 Å². The van der Waals surface area contributed by atoms with Gasteiger partial charge in [0.25, 0.3) is 5.56 Å². The number of H-pyrrole nitrogens is 1. The molecule has 1 aliphatic heterocycles. The summed E-state index contributed by atoms with van der Waals surface area (Å²) < 4.78 is 1.76. The number of aromatic amines is 1. The van der Waals surface area contributed by atoms with Crippen LogP contribution in [0.25, 0.3) is 10.9 Å². The molecule has 0 amide bonds. The third kappa shape index (κ3) is 3.03. The van der Waals surface area contributed by atoms with Crippen LogP contribution in [-0.4, -0.2) is 40.7 Å². The second-order valence-corrected chi connectivity index (χ2v) is 7.40. The molecule has 3 heterocycles. The fourth-order valence-electron chi connectivity index (χ4n) is 4.02. The van der Waals surface area contributed by atoms with E-state index in [0.29, 0.717) is 17.3 Å². The summed E-state index contributed by atoms with van der Waals surface area (Å²) in [6, 6.07) is 0.662. The standard InChI is InChI=1S/C18H25N5O2.ClH/c1-10-15-14(17(24)21-18(25)23(15)13-4-5-13)8-20-16(10)22-7-6-12(9-22)11(2)19-3;/h8,11-13,19H,4-7,9H2,1-3H3,(H,21,24,25);1H/t11-,12+;/m0./s1. The summed E-state index contributed by atoms with van der Waals surface area (Å²) >= 11 is 0. The van der Waals surface area contributed by atoms with Crippen molar-refractivity contribution in [2.24, 2.45) is 5.92 Å². The van der Waals surface area contributed by atoms with Crippen LogP contribution in [0.2, 0.25) is 0 Å². The zero-order chi connectivity index (χ0) is 17.7. The first-order chi connectivity index (χ1) is 12.0. The summed E-state index contributed by atoms with van der Waals surface area (Å²) in [5, 5.41) is 3.84. The molecule has 2 aromatic heterocycles. The van der Waals surface area contributed by atoms with Gasteiger partial charge in [0.05, 0.1) is 10.9 Å². The molecule has 2 N–H and O–H groups in total. The van der Waals surface area contributed by atoms with Gasteiger partial charge in [-0.2, -0.15) is 0 Å². The topological polar surface area (TPSA) is 83.0 Å². The van der Waals surface area contributed by atoms with Gasteiger partial charge in [-0.05, 0) is 46.1 Å². The fraction of sp³-hybridized carbons (Fsp3) is 0.611. The molecule has 4 rings (SSSR count). The number of pyridine rings is 1. The molecule has 0 aromatic carbocycles. The molecular formula is C18H26ClN5O2. The summed E-state index contributed by atoms with van der Waals surface area (Å²) in [6.45, 7) is 6.08. The van der Waals surface area contributed by atoms with Crippen LogP contribution in [-0.2, 0) is 0 Å². The van der Waals surface area contributed by atoms with Crippen LogP contribution in [0.15, 0.2) is 15.8 Å². The predicted octanol–water partition coefficient (Wildman–Crippen LogP) is 1.58. The van der Waals surface area contributed by atoms with Crippen LogP contribution in [0.5, 0.6) is 0 Å². The average Bonchev–Trinajstić information content (AvgIpc) is 3.30. The van der Waals surface area contributed by atoms with Gasteiger partial charge in [-0.3, -0.25) is 14.3 Å². The van der Waals surface area contributed by atoms with Crippen molar-refractivity contribution in [3.8, 4) is 0 Å². The van der Waals surface area contributed by atoms with Gasteiger partial charge in [0.1, 0.15) is 5.82 Å². The Morgan fingerprint density at radius 3 is 2.69 bits per heavy atom. The number of aromatic nitrogens is 3. The number of hydrogen-bond acceptors (Lipinski definition) is 5. The zero-order valence-corrected chi connectivity index (χ0v) is 16.2. The first-order valence-corrected chi connectivity index (χ1v) is 9.07. The minimum absolute atomic E-state index is 0. The minimum Gasteiger partial charge on any atom is -0.356 e. The summed E-state index contributed by atoms with van der Waals surface area (Å²) in [4.78, 5) is 33.9. The monoisotopic (exact) mass is 379 g/mol. The Bertz CT molecular complexity index is 934. The number of halogens is 1. The van der Waals surface area contributed by atoms with E-state index in [9.17, 15) is 9.59 Å². The van der Waals surface area contributed by atoms with Crippen LogP contribution in [0.1, 0.15) is 37.8 Å². The van der Waals surface area contributed by atoms with E-state index in [1.165, 1.54) is 0 Å². The lowest BCUT2D eigenvalue weighted by atomic mass is 10.0. The second kappa shape index (κ2) is 7.04. The summed E-state index contributed by atoms with van der Waals surface area (Å²) in [6.07, 6.45) is 4.73. The van der Waals surface area contributed by atoms with Crippen LogP contribution >= 0.6 is 12.4 Å². The van der Waals surface area contributed by atoms with E-state index in [2.05, 4.69) is 27.1 Å². The third-order valence-corrected chi connectivity index (χ3v) is 5.79. The molecule has 7 nitrogen and oxygen atoms in total. The normalized spacial score (nSPS) is 21.0. The van der Waals surface area contributed by atoms with Crippen molar-refractivity contribution in [2.45, 2.75) is 45.2 Å². The third-order valence-electron chi connectivity index (χ3n) is 5.79. The van der Waals surface area contributed by atoms with Crippen LogP contribution in [0.3, 0.4) is 0 Å². The molecule has 2 aliphatic rings. The number of aryl methyl sites for hydroxylation is 1. The van der Waals surface area contributed by atoms with E-state index in [4.69, 9.17) is 0 Å². The molecule has 1 saturated carbocycles. The molecule has 0 spiro atoms. The van der Waals surface area contributed by atoms with Gasteiger partial charge >= 0.3 is 5.69 Å². The minimum atomic E-state index is -0.345. The highest BCUT2D eigenvalue weighted by Gasteiger charge is 2.31. The average molecular weight is 380 g/mol. The molecule has 0 bridgehead atoms. The van der Waals surface area contributed by atoms with Gasteiger partial charge in [-0.25, -0.2) is 9.78 Å². The molecule has 2 aromatic rings. The number of fused-ring (bicyclic) bond motifs is 1. The molecule has 142 valence electrons. The summed E-state index contributed by atoms with van der Waals surface area (Å²) in [7, 11) is 1.99. The Morgan fingerprint density at radius 1 is 1.31 bits per heavy atom. The lowest BCUT2D eigenvalue weighted by Gasteiger charge is -2.23. The Balaban J connectivity index is 0.00000196. The molecular weight excluding hydrogens is 354 g/mol. The lowest BCUT2D eigenvalue weighted by molar-refractivity contribution is 0.428. The van der Waals surface area contributed by atoms with Crippen molar-refractivity contribution in [2.75, 3.05) is 25.0 Å². The van der Waals surface area contributed by atoms with Gasteiger partial charge in [0.2, 0.25) is 0 Å². The molecule has 0 radical (unpaired) electrons. The highest BCUT2D eigenvalue weighted by atomic mass is 35.5. The lowest BCUT2D eigenvalue weighted by Crippen LogP contribution is -2.33. The molecule has 2 fully saturated rings. The van der Waals surface area contributed by atoms with Crippen molar-refractivity contribution in [3.63, 3.8) is 0 Å². The van der Waals surface area contributed by atoms with E-state index >= 15 is 0 Å². The quantitative estimate of drug-likeness (QED) is 0.842. The van der Waals surface area contributed by atoms with E-state index in [1.54, 1.807) is 10.8 Å². The maximum atomic E-state index is 12.4.